The fourth-order valence-corrected chi connectivity index (χ4v) is 3.06. The molecule has 1 atom stereocenters. The fraction of sp³-hybridized carbons (Fsp3) is 0.316. The zero-order chi connectivity index (χ0) is 17.8. The maximum atomic E-state index is 13.5. The minimum atomic E-state index is -0.669. The quantitative estimate of drug-likeness (QED) is 0.905. The Hall–Kier alpha value is -2.47. The first-order valence-corrected chi connectivity index (χ1v) is 8.19. The van der Waals surface area contributed by atoms with Crippen molar-refractivity contribution in [3.05, 3.63) is 54.1 Å². The largest absolute Gasteiger partial charge is 0.449 e. The molecule has 0 bridgehead atoms. The summed E-state index contributed by atoms with van der Waals surface area (Å²) in [5, 5.41) is 2.66. The number of hydrogen-bond acceptors (Lipinski definition) is 3. The van der Waals surface area contributed by atoms with Gasteiger partial charge in [-0.1, -0.05) is 18.2 Å². The van der Waals surface area contributed by atoms with Crippen molar-refractivity contribution >= 4 is 11.8 Å². The summed E-state index contributed by atoms with van der Waals surface area (Å²) in [4.78, 5) is 14.3. The number of nitrogens with one attached hydrogen (secondary N) is 1. The van der Waals surface area contributed by atoms with Crippen LogP contribution in [0.4, 0.5) is 19.3 Å². The van der Waals surface area contributed by atoms with Crippen LogP contribution in [0.15, 0.2) is 42.5 Å². The SMILES string of the molecule is CN1CC[C@H](COC(=O)Nc2ccccc2-c2cc(F)cc(F)c2)C1. The van der Waals surface area contributed by atoms with Crippen molar-refractivity contribution in [1.82, 2.24) is 4.90 Å². The molecule has 1 N–H and O–H groups in total. The van der Waals surface area contributed by atoms with E-state index in [2.05, 4.69) is 10.2 Å². The predicted octanol–water partition coefficient (Wildman–Crippen LogP) is 4.13. The van der Waals surface area contributed by atoms with E-state index in [-0.39, 0.29) is 0 Å². The molecule has 2 aromatic rings. The first-order valence-electron chi connectivity index (χ1n) is 8.19. The Morgan fingerprint density at radius 2 is 1.96 bits per heavy atom. The van der Waals surface area contributed by atoms with E-state index < -0.39 is 17.7 Å². The number of nitrogens with zero attached hydrogens (tertiary/aromatic N) is 1. The van der Waals surface area contributed by atoms with E-state index >= 15 is 0 Å². The molecule has 4 nitrogen and oxygen atoms in total. The van der Waals surface area contributed by atoms with Crippen LogP contribution in [0.2, 0.25) is 0 Å². The molecule has 1 aliphatic heterocycles. The summed E-state index contributed by atoms with van der Waals surface area (Å²) in [6, 6.07) is 10.1. The Labute approximate surface area is 145 Å². The maximum Gasteiger partial charge on any atom is 0.411 e. The number of rotatable bonds is 4. The van der Waals surface area contributed by atoms with Crippen LogP contribution in [0.3, 0.4) is 0 Å². The average molecular weight is 346 g/mol. The molecule has 0 spiro atoms. The van der Waals surface area contributed by atoms with Gasteiger partial charge in [0.05, 0.1) is 12.3 Å². The van der Waals surface area contributed by atoms with Gasteiger partial charge < -0.3 is 9.64 Å². The normalized spacial score (nSPS) is 17.5. The van der Waals surface area contributed by atoms with Crippen molar-refractivity contribution in [2.24, 2.45) is 5.92 Å². The van der Waals surface area contributed by atoms with Gasteiger partial charge in [-0.3, -0.25) is 5.32 Å². The number of halogens is 2. The van der Waals surface area contributed by atoms with Crippen molar-refractivity contribution < 1.29 is 18.3 Å². The summed E-state index contributed by atoms with van der Waals surface area (Å²) in [6.45, 7) is 2.27. The molecule has 0 aromatic heterocycles. The third-order valence-electron chi connectivity index (χ3n) is 4.28. The first-order chi connectivity index (χ1) is 12.0. The van der Waals surface area contributed by atoms with Crippen molar-refractivity contribution in [1.29, 1.82) is 0 Å². The molecule has 0 unspecified atom stereocenters. The van der Waals surface area contributed by atoms with E-state index in [9.17, 15) is 13.6 Å². The molecule has 1 aliphatic rings. The molecule has 132 valence electrons. The number of likely N-dealkylation sites (tertiary alicyclic amines) is 1. The van der Waals surface area contributed by atoms with Crippen LogP contribution in [0.5, 0.6) is 0 Å². The lowest BCUT2D eigenvalue weighted by molar-refractivity contribution is 0.142. The summed E-state index contributed by atoms with van der Waals surface area (Å²) in [5.41, 5.74) is 1.32. The lowest BCUT2D eigenvalue weighted by atomic mass is 10.0. The van der Waals surface area contributed by atoms with Gasteiger partial charge in [0, 0.05) is 24.1 Å². The van der Waals surface area contributed by atoms with E-state index in [1.165, 1.54) is 12.1 Å². The molecule has 1 heterocycles. The second kappa shape index (κ2) is 7.61. The topological polar surface area (TPSA) is 41.6 Å². The molecular formula is C19H20F2N2O2. The van der Waals surface area contributed by atoms with Crippen LogP contribution < -0.4 is 5.32 Å². The number of hydrogen-bond donors (Lipinski definition) is 1. The second-order valence-electron chi connectivity index (χ2n) is 6.34. The van der Waals surface area contributed by atoms with Gasteiger partial charge in [0.1, 0.15) is 11.6 Å². The molecule has 2 aromatic carbocycles. The number of amides is 1. The highest BCUT2D eigenvalue weighted by Crippen LogP contribution is 2.29. The third-order valence-corrected chi connectivity index (χ3v) is 4.28. The Kier molecular flexibility index (Phi) is 5.28. The smallest absolute Gasteiger partial charge is 0.411 e. The fourth-order valence-electron chi connectivity index (χ4n) is 3.06. The van der Waals surface area contributed by atoms with Gasteiger partial charge in [0.15, 0.2) is 0 Å². The number of carbonyl (C=O) groups is 1. The van der Waals surface area contributed by atoms with E-state index in [1.54, 1.807) is 24.3 Å². The van der Waals surface area contributed by atoms with Crippen LogP contribution in [-0.2, 0) is 4.74 Å². The monoisotopic (exact) mass is 346 g/mol. The van der Waals surface area contributed by atoms with Crippen LogP contribution in [-0.4, -0.2) is 37.7 Å². The Bertz CT molecular complexity index is 747. The Morgan fingerprint density at radius 1 is 1.24 bits per heavy atom. The first kappa shape index (κ1) is 17.4. The number of benzene rings is 2. The van der Waals surface area contributed by atoms with Gasteiger partial charge in [0.2, 0.25) is 0 Å². The lowest BCUT2D eigenvalue weighted by Crippen LogP contribution is -2.21. The van der Waals surface area contributed by atoms with Crippen LogP contribution >= 0.6 is 0 Å². The minimum Gasteiger partial charge on any atom is -0.449 e. The van der Waals surface area contributed by atoms with Crippen molar-refractivity contribution in [3.63, 3.8) is 0 Å². The van der Waals surface area contributed by atoms with E-state index in [4.69, 9.17) is 4.74 Å². The highest BCUT2D eigenvalue weighted by molar-refractivity contribution is 5.91. The number of anilines is 1. The summed E-state index contributed by atoms with van der Waals surface area (Å²) in [7, 11) is 2.04. The minimum absolute atomic E-state index is 0.336. The van der Waals surface area contributed by atoms with Crippen LogP contribution in [0.25, 0.3) is 11.1 Å². The highest BCUT2D eigenvalue weighted by Gasteiger charge is 2.21. The Balaban J connectivity index is 1.69. The number of ether oxygens (including phenoxy) is 1. The van der Waals surface area contributed by atoms with E-state index in [0.29, 0.717) is 29.3 Å². The molecule has 3 rings (SSSR count). The zero-order valence-corrected chi connectivity index (χ0v) is 14.0. The number of carbonyl (C=O) groups excluding carboxylic acids is 1. The summed E-state index contributed by atoms with van der Waals surface area (Å²) < 4.78 is 32.2. The highest BCUT2D eigenvalue weighted by atomic mass is 19.1. The summed E-state index contributed by atoms with van der Waals surface area (Å²) >= 11 is 0. The second-order valence-corrected chi connectivity index (χ2v) is 6.34. The van der Waals surface area contributed by atoms with Crippen LogP contribution in [0.1, 0.15) is 6.42 Å². The van der Waals surface area contributed by atoms with Gasteiger partial charge in [-0.05, 0) is 43.8 Å². The standard InChI is InChI=1S/C19H20F2N2O2/c1-23-7-6-13(11-23)12-25-19(24)22-18-5-3-2-4-17(18)14-8-15(20)10-16(21)9-14/h2-5,8-10,13H,6-7,11-12H2,1H3,(H,22,24)/t13-/m0/s1. The molecule has 0 aliphatic carbocycles. The van der Waals surface area contributed by atoms with Crippen LogP contribution in [0, 0.1) is 17.6 Å². The van der Waals surface area contributed by atoms with Crippen molar-refractivity contribution in [2.45, 2.75) is 6.42 Å². The van der Waals surface area contributed by atoms with E-state index in [0.717, 1.165) is 25.6 Å². The van der Waals surface area contributed by atoms with E-state index in [1.807, 2.05) is 7.05 Å². The molecule has 0 saturated carbocycles. The summed E-state index contributed by atoms with van der Waals surface area (Å²) in [6.07, 6.45) is 0.432. The lowest BCUT2D eigenvalue weighted by Gasteiger charge is -2.14. The number of para-hydroxylation sites is 1. The van der Waals surface area contributed by atoms with Gasteiger partial charge >= 0.3 is 6.09 Å². The molecular weight excluding hydrogens is 326 g/mol. The molecule has 25 heavy (non-hydrogen) atoms. The third kappa shape index (κ3) is 4.54. The predicted molar refractivity (Wildman–Crippen MR) is 92.4 cm³/mol. The van der Waals surface area contributed by atoms with Gasteiger partial charge in [-0.2, -0.15) is 0 Å². The molecule has 6 heteroatoms. The van der Waals surface area contributed by atoms with Gasteiger partial charge in [0.25, 0.3) is 0 Å². The van der Waals surface area contributed by atoms with Gasteiger partial charge in [-0.15, -0.1) is 0 Å². The molecule has 1 fully saturated rings. The summed E-state index contributed by atoms with van der Waals surface area (Å²) in [5.74, 6) is -1.00. The molecule has 1 amide bonds. The zero-order valence-electron chi connectivity index (χ0n) is 14.0. The van der Waals surface area contributed by atoms with Crippen molar-refractivity contribution in [2.75, 3.05) is 32.1 Å². The molecule has 0 radical (unpaired) electrons. The Morgan fingerprint density at radius 3 is 2.64 bits per heavy atom. The average Bonchev–Trinajstić information content (AvgIpc) is 2.98. The maximum absolute atomic E-state index is 13.5. The molecule has 1 saturated heterocycles. The van der Waals surface area contributed by atoms with Gasteiger partial charge in [-0.25, -0.2) is 13.6 Å². The van der Waals surface area contributed by atoms with Crippen molar-refractivity contribution in [3.8, 4) is 11.1 Å².